The Morgan fingerprint density at radius 3 is 2.94 bits per heavy atom. The minimum atomic E-state index is -0.512. The van der Waals surface area contributed by atoms with Gasteiger partial charge in [-0.25, -0.2) is 9.37 Å². The van der Waals surface area contributed by atoms with E-state index in [4.69, 9.17) is 0 Å². The van der Waals surface area contributed by atoms with Gasteiger partial charge in [0.05, 0.1) is 0 Å². The number of hydrogen-bond acceptors (Lipinski definition) is 3. The van der Waals surface area contributed by atoms with Gasteiger partial charge >= 0.3 is 0 Å². The Bertz CT molecular complexity index is 386. The maximum Gasteiger partial charge on any atom is 0.242 e. The summed E-state index contributed by atoms with van der Waals surface area (Å²) < 4.78 is 14.1. The quantitative estimate of drug-likeness (QED) is 0.824. The Balaban J connectivity index is 2.69. The van der Waals surface area contributed by atoms with Crippen LogP contribution in [0.5, 0.6) is 0 Å². The molecule has 0 aliphatic heterocycles. The molecule has 0 fully saturated rings. The Morgan fingerprint density at radius 2 is 2.38 bits per heavy atom. The highest BCUT2D eigenvalue weighted by Crippen LogP contribution is 2.14. The lowest BCUT2D eigenvalue weighted by atomic mass is 10.3. The molecule has 88 valence electrons. The number of likely N-dealkylation sites (N-methyl/N-ethyl adjacent to an activating group) is 1. The molecule has 1 aromatic heterocycles. The average Bonchev–Trinajstić information content (AvgIpc) is 2.22. The zero-order valence-corrected chi connectivity index (χ0v) is 11.2. The molecule has 1 aromatic rings. The van der Waals surface area contributed by atoms with E-state index < -0.39 is 11.9 Å². The third kappa shape index (κ3) is 3.58. The topological polar surface area (TPSA) is 54.0 Å². The molecule has 0 saturated heterocycles. The van der Waals surface area contributed by atoms with Crippen LogP contribution in [0.15, 0.2) is 12.3 Å². The van der Waals surface area contributed by atoms with Crippen molar-refractivity contribution in [1.29, 1.82) is 0 Å². The SMILES string of the molecule is CCNC(=O)C(C)Nc1ncc(I)cc1F. The van der Waals surface area contributed by atoms with E-state index in [0.717, 1.165) is 0 Å². The Hall–Kier alpha value is -0.920. The van der Waals surface area contributed by atoms with Gasteiger partial charge in [-0.2, -0.15) is 0 Å². The zero-order chi connectivity index (χ0) is 12.1. The molecule has 1 heterocycles. The van der Waals surface area contributed by atoms with Crippen LogP contribution >= 0.6 is 22.6 Å². The lowest BCUT2D eigenvalue weighted by Gasteiger charge is -2.14. The number of nitrogens with zero attached hydrogens (tertiary/aromatic N) is 1. The van der Waals surface area contributed by atoms with E-state index in [1.165, 1.54) is 12.3 Å². The molecule has 2 N–H and O–H groups in total. The molecular formula is C10H13FIN3O. The molecule has 0 saturated carbocycles. The monoisotopic (exact) mass is 337 g/mol. The second-order valence-electron chi connectivity index (χ2n) is 3.24. The van der Waals surface area contributed by atoms with Crippen LogP contribution in [0.3, 0.4) is 0 Å². The molecule has 0 radical (unpaired) electrons. The molecule has 4 nitrogen and oxygen atoms in total. The van der Waals surface area contributed by atoms with E-state index in [1.54, 1.807) is 6.92 Å². The standard InChI is InChI=1S/C10H13FIN3O/c1-3-13-10(16)6(2)15-9-8(11)4-7(12)5-14-9/h4-6H,3H2,1-2H3,(H,13,16)(H,14,15). The number of aromatic nitrogens is 1. The molecule has 6 heteroatoms. The van der Waals surface area contributed by atoms with Gasteiger partial charge in [0, 0.05) is 16.3 Å². The van der Waals surface area contributed by atoms with Gasteiger partial charge < -0.3 is 10.6 Å². The predicted molar refractivity (Wildman–Crippen MR) is 68.7 cm³/mol. The van der Waals surface area contributed by atoms with Gasteiger partial charge in [-0.3, -0.25) is 4.79 Å². The smallest absolute Gasteiger partial charge is 0.242 e. The summed E-state index contributed by atoms with van der Waals surface area (Å²) in [6.07, 6.45) is 1.54. The highest BCUT2D eigenvalue weighted by Gasteiger charge is 2.14. The van der Waals surface area contributed by atoms with Gasteiger partial charge in [-0.05, 0) is 42.5 Å². The fourth-order valence-electron chi connectivity index (χ4n) is 1.12. The Labute approximate surface area is 107 Å². The predicted octanol–water partition coefficient (Wildman–Crippen LogP) is 1.76. The molecule has 0 aliphatic rings. The first kappa shape index (κ1) is 13.1. The lowest BCUT2D eigenvalue weighted by molar-refractivity contribution is -0.121. The van der Waals surface area contributed by atoms with Crippen LogP contribution in [0, 0.1) is 9.39 Å². The van der Waals surface area contributed by atoms with Gasteiger partial charge in [-0.1, -0.05) is 0 Å². The number of nitrogens with one attached hydrogen (secondary N) is 2. The second-order valence-corrected chi connectivity index (χ2v) is 4.49. The number of pyridine rings is 1. The number of carbonyl (C=O) groups excluding carboxylic acids is 1. The van der Waals surface area contributed by atoms with E-state index >= 15 is 0 Å². The summed E-state index contributed by atoms with van der Waals surface area (Å²) in [6.45, 7) is 4.03. The molecule has 0 aromatic carbocycles. The lowest BCUT2D eigenvalue weighted by Crippen LogP contribution is -2.37. The van der Waals surface area contributed by atoms with Crippen LogP contribution in [0.4, 0.5) is 10.2 Å². The second kappa shape index (κ2) is 5.97. The summed E-state index contributed by atoms with van der Waals surface area (Å²) in [5, 5.41) is 5.36. The minimum Gasteiger partial charge on any atom is -0.356 e. The summed E-state index contributed by atoms with van der Waals surface area (Å²) in [7, 11) is 0. The van der Waals surface area contributed by atoms with Gasteiger partial charge in [0.2, 0.25) is 5.91 Å². The van der Waals surface area contributed by atoms with Crippen molar-refractivity contribution in [2.75, 3.05) is 11.9 Å². The molecule has 1 amide bonds. The van der Waals surface area contributed by atoms with Gasteiger partial charge in [0.25, 0.3) is 0 Å². The highest BCUT2D eigenvalue weighted by molar-refractivity contribution is 14.1. The zero-order valence-electron chi connectivity index (χ0n) is 9.05. The van der Waals surface area contributed by atoms with Crippen molar-refractivity contribution < 1.29 is 9.18 Å². The summed E-state index contributed by atoms with van der Waals surface area (Å²) in [5.41, 5.74) is 0. The summed E-state index contributed by atoms with van der Waals surface area (Å²) in [4.78, 5) is 15.3. The van der Waals surface area contributed by atoms with Crippen molar-refractivity contribution in [1.82, 2.24) is 10.3 Å². The number of halogens is 2. The number of anilines is 1. The van der Waals surface area contributed by atoms with Crippen LogP contribution in [-0.4, -0.2) is 23.5 Å². The maximum absolute atomic E-state index is 13.4. The summed E-state index contributed by atoms with van der Waals surface area (Å²) in [6, 6.07) is 0.849. The maximum atomic E-state index is 13.4. The minimum absolute atomic E-state index is 0.0965. The van der Waals surface area contributed by atoms with Crippen LogP contribution in [0.25, 0.3) is 0 Å². The summed E-state index contributed by atoms with van der Waals surface area (Å²) in [5.74, 6) is -0.538. The van der Waals surface area contributed by atoms with E-state index in [0.29, 0.717) is 10.1 Å². The molecule has 0 bridgehead atoms. The number of amides is 1. The van der Waals surface area contributed by atoms with Crippen molar-refractivity contribution in [3.63, 3.8) is 0 Å². The number of hydrogen-bond donors (Lipinski definition) is 2. The fraction of sp³-hybridized carbons (Fsp3) is 0.400. The van der Waals surface area contributed by atoms with Crippen molar-refractivity contribution in [3.8, 4) is 0 Å². The molecule has 1 unspecified atom stereocenters. The van der Waals surface area contributed by atoms with Gasteiger partial charge in [0.15, 0.2) is 11.6 Å². The van der Waals surface area contributed by atoms with Crippen LogP contribution < -0.4 is 10.6 Å². The van der Waals surface area contributed by atoms with Crippen molar-refractivity contribution in [2.24, 2.45) is 0 Å². The van der Waals surface area contributed by atoms with E-state index in [2.05, 4.69) is 15.6 Å². The van der Waals surface area contributed by atoms with Gasteiger partial charge in [-0.15, -0.1) is 0 Å². The molecule has 16 heavy (non-hydrogen) atoms. The largest absolute Gasteiger partial charge is 0.356 e. The molecule has 1 rings (SSSR count). The van der Waals surface area contributed by atoms with Crippen molar-refractivity contribution in [2.45, 2.75) is 19.9 Å². The molecule has 0 aliphatic carbocycles. The van der Waals surface area contributed by atoms with Crippen molar-refractivity contribution >= 4 is 34.3 Å². The Kier molecular flexibility index (Phi) is 4.91. The first-order valence-electron chi connectivity index (χ1n) is 4.90. The third-order valence-corrected chi connectivity index (χ3v) is 2.50. The first-order chi connectivity index (χ1) is 7.54. The third-order valence-electron chi connectivity index (χ3n) is 1.91. The number of carbonyl (C=O) groups is 1. The fourth-order valence-corrected chi connectivity index (χ4v) is 1.53. The van der Waals surface area contributed by atoms with Crippen LogP contribution in [0.2, 0.25) is 0 Å². The molecule has 0 spiro atoms. The Morgan fingerprint density at radius 1 is 1.69 bits per heavy atom. The molecule has 1 atom stereocenters. The normalized spacial score (nSPS) is 12.0. The van der Waals surface area contributed by atoms with Crippen LogP contribution in [0.1, 0.15) is 13.8 Å². The highest BCUT2D eigenvalue weighted by atomic mass is 127. The molecular weight excluding hydrogens is 324 g/mol. The average molecular weight is 337 g/mol. The van der Waals surface area contributed by atoms with E-state index in [1.807, 2.05) is 29.5 Å². The first-order valence-corrected chi connectivity index (χ1v) is 5.97. The summed E-state index contributed by atoms with van der Waals surface area (Å²) >= 11 is 1.97. The van der Waals surface area contributed by atoms with Gasteiger partial charge in [0.1, 0.15) is 6.04 Å². The van der Waals surface area contributed by atoms with E-state index in [-0.39, 0.29) is 11.7 Å². The van der Waals surface area contributed by atoms with Crippen molar-refractivity contribution in [3.05, 3.63) is 21.7 Å². The number of rotatable bonds is 4. The van der Waals surface area contributed by atoms with Crippen LogP contribution in [-0.2, 0) is 4.79 Å². The van der Waals surface area contributed by atoms with E-state index in [9.17, 15) is 9.18 Å².